The van der Waals surface area contributed by atoms with Gasteiger partial charge in [0.15, 0.2) is 5.67 Å². The first-order valence-electron chi connectivity index (χ1n) is 10.9. The lowest BCUT2D eigenvalue weighted by Gasteiger charge is -2.33. The Balaban J connectivity index is 1.48. The monoisotopic (exact) mass is 464 g/mol. The van der Waals surface area contributed by atoms with E-state index < -0.39 is 5.67 Å². The van der Waals surface area contributed by atoms with E-state index in [0.717, 1.165) is 21.9 Å². The van der Waals surface area contributed by atoms with Crippen LogP contribution in [0.1, 0.15) is 61.7 Å². The topological polar surface area (TPSA) is 43.3 Å². The molecular formula is C23H30BrFN2O2. The van der Waals surface area contributed by atoms with Crippen molar-refractivity contribution in [1.29, 1.82) is 0 Å². The second-order valence-electron chi connectivity index (χ2n) is 8.68. The molecule has 2 fully saturated rings. The zero-order valence-electron chi connectivity index (χ0n) is 16.9. The smallest absolute Gasteiger partial charge is 0.253 e. The maximum absolute atomic E-state index is 14.4. The van der Waals surface area contributed by atoms with Crippen LogP contribution in [0.4, 0.5) is 4.39 Å². The Morgan fingerprint density at radius 2 is 1.93 bits per heavy atom. The summed E-state index contributed by atoms with van der Waals surface area (Å²) < 4.78 is 22.3. The van der Waals surface area contributed by atoms with Crippen LogP contribution in [0.25, 0.3) is 10.9 Å². The van der Waals surface area contributed by atoms with E-state index in [1.807, 2.05) is 29.0 Å². The highest BCUT2D eigenvalue weighted by atomic mass is 79.9. The van der Waals surface area contributed by atoms with E-state index in [1.165, 1.54) is 44.9 Å². The number of alkyl halides is 1. The van der Waals surface area contributed by atoms with E-state index in [2.05, 4.69) is 21.2 Å². The van der Waals surface area contributed by atoms with Crippen molar-refractivity contribution >= 4 is 32.7 Å². The molecule has 6 heteroatoms. The number of rotatable bonds is 6. The van der Waals surface area contributed by atoms with Gasteiger partial charge in [0.2, 0.25) is 0 Å². The molecule has 1 N–H and O–H groups in total. The van der Waals surface area contributed by atoms with Gasteiger partial charge in [0.1, 0.15) is 0 Å². The predicted octanol–water partition coefficient (Wildman–Crippen LogP) is 5.62. The molecule has 0 spiro atoms. The average Bonchev–Trinajstić information content (AvgIpc) is 3.04. The highest BCUT2D eigenvalue weighted by molar-refractivity contribution is 9.10. The molecule has 0 atom stereocenters. The van der Waals surface area contributed by atoms with Gasteiger partial charge in [-0.25, -0.2) is 4.39 Å². The molecule has 4 nitrogen and oxygen atoms in total. The van der Waals surface area contributed by atoms with Crippen LogP contribution in [0.15, 0.2) is 28.9 Å². The fraction of sp³-hybridized carbons (Fsp3) is 0.609. The zero-order chi connectivity index (χ0) is 20.3. The Bertz CT molecular complexity index is 854. The van der Waals surface area contributed by atoms with E-state index in [-0.39, 0.29) is 19.1 Å². The van der Waals surface area contributed by atoms with Gasteiger partial charge in [-0.2, -0.15) is 0 Å². The van der Waals surface area contributed by atoms with Gasteiger partial charge < -0.3 is 14.6 Å². The quantitative estimate of drug-likeness (QED) is 0.602. The largest absolute Gasteiger partial charge is 0.375 e. The van der Waals surface area contributed by atoms with E-state index in [4.69, 9.17) is 4.74 Å². The van der Waals surface area contributed by atoms with Gasteiger partial charge >= 0.3 is 0 Å². The van der Waals surface area contributed by atoms with Gasteiger partial charge in [0, 0.05) is 41.1 Å². The van der Waals surface area contributed by atoms with Gasteiger partial charge in [0.25, 0.3) is 5.91 Å². The summed E-state index contributed by atoms with van der Waals surface area (Å²) in [5, 5.41) is 4.08. The number of carbonyl (C=O) groups is 1. The van der Waals surface area contributed by atoms with Crippen molar-refractivity contribution in [2.45, 2.75) is 63.6 Å². The summed E-state index contributed by atoms with van der Waals surface area (Å²) in [6, 6.07) is 5.90. The number of fused-ring (bicyclic) bond motifs is 1. The summed E-state index contributed by atoms with van der Waals surface area (Å²) in [6.07, 6.45) is 11.2. The third-order valence-electron chi connectivity index (χ3n) is 6.40. The molecule has 1 aliphatic heterocycles. The minimum atomic E-state index is -1.23. The molecule has 29 heavy (non-hydrogen) atoms. The van der Waals surface area contributed by atoms with E-state index >= 15 is 0 Å². The molecule has 0 radical (unpaired) electrons. The van der Waals surface area contributed by atoms with Crippen molar-refractivity contribution in [3.05, 3.63) is 34.4 Å². The number of nitrogens with zero attached hydrogens (tertiary/aromatic N) is 1. The first-order valence-corrected chi connectivity index (χ1v) is 11.7. The van der Waals surface area contributed by atoms with Crippen LogP contribution in [0.2, 0.25) is 0 Å². The van der Waals surface area contributed by atoms with Gasteiger partial charge in [-0.3, -0.25) is 4.79 Å². The van der Waals surface area contributed by atoms with Crippen molar-refractivity contribution in [1.82, 2.24) is 9.88 Å². The van der Waals surface area contributed by atoms with Crippen LogP contribution in [0, 0.1) is 5.92 Å². The van der Waals surface area contributed by atoms with Crippen LogP contribution in [0.3, 0.4) is 0 Å². The Labute approximate surface area is 180 Å². The first-order chi connectivity index (χ1) is 14.1. The fourth-order valence-corrected chi connectivity index (χ4v) is 5.10. The lowest BCUT2D eigenvalue weighted by atomic mass is 9.91. The second kappa shape index (κ2) is 9.17. The Morgan fingerprint density at radius 1 is 1.21 bits per heavy atom. The molecule has 1 aromatic heterocycles. The molecule has 4 rings (SSSR count). The number of amides is 1. The van der Waals surface area contributed by atoms with Crippen LogP contribution < -0.4 is 5.32 Å². The molecule has 0 unspecified atom stereocenters. The molecule has 1 aliphatic carbocycles. The predicted molar refractivity (Wildman–Crippen MR) is 117 cm³/mol. The van der Waals surface area contributed by atoms with Crippen LogP contribution in [0.5, 0.6) is 0 Å². The number of benzene rings is 1. The number of nitrogens with one attached hydrogen (secondary N) is 1. The van der Waals surface area contributed by atoms with E-state index in [9.17, 15) is 9.18 Å². The SMILES string of the molecule is O=C(NCC1CCCCCCC1)c1cn(CCC2(F)COC2)c2cccc(Br)c12. The number of hydrogen-bond donors (Lipinski definition) is 1. The van der Waals surface area contributed by atoms with Crippen molar-refractivity contribution in [3.63, 3.8) is 0 Å². The maximum atomic E-state index is 14.4. The standard InChI is InChI=1S/C23H30BrFN2O2/c24-19-9-6-10-20-21(19)18(14-27(20)12-11-23(25)15-29-16-23)22(28)26-13-17-7-4-2-1-3-5-8-17/h6,9-10,14,17H,1-5,7-8,11-13,15-16H2,(H,26,28). The molecule has 0 bridgehead atoms. The Morgan fingerprint density at radius 3 is 2.62 bits per heavy atom. The first kappa shape index (κ1) is 20.9. The number of halogens is 2. The number of aromatic nitrogens is 1. The van der Waals surface area contributed by atoms with Crippen molar-refractivity contribution < 1.29 is 13.9 Å². The maximum Gasteiger partial charge on any atom is 0.253 e. The molecule has 158 valence electrons. The zero-order valence-corrected chi connectivity index (χ0v) is 18.5. The van der Waals surface area contributed by atoms with Crippen LogP contribution in [-0.4, -0.2) is 35.9 Å². The second-order valence-corrected chi connectivity index (χ2v) is 9.54. The summed E-state index contributed by atoms with van der Waals surface area (Å²) in [7, 11) is 0. The summed E-state index contributed by atoms with van der Waals surface area (Å²) in [6.45, 7) is 1.61. The molecule has 1 amide bonds. The number of ether oxygens (including phenoxy) is 1. The molecule has 2 heterocycles. The van der Waals surface area contributed by atoms with Crippen LogP contribution in [-0.2, 0) is 11.3 Å². The van der Waals surface area contributed by atoms with Crippen molar-refractivity contribution in [2.75, 3.05) is 19.8 Å². The van der Waals surface area contributed by atoms with Crippen molar-refractivity contribution in [3.8, 4) is 0 Å². The minimum Gasteiger partial charge on any atom is -0.375 e. The normalized spacial score (nSPS) is 20.1. The van der Waals surface area contributed by atoms with Gasteiger partial charge in [0.05, 0.1) is 18.8 Å². The summed E-state index contributed by atoms with van der Waals surface area (Å²) in [5.74, 6) is 0.533. The molecule has 1 saturated heterocycles. The lowest BCUT2D eigenvalue weighted by molar-refractivity contribution is -0.134. The third kappa shape index (κ3) is 4.85. The molecule has 2 aliphatic rings. The summed E-state index contributed by atoms with van der Waals surface area (Å²) >= 11 is 3.60. The van der Waals surface area contributed by atoms with Gasteiger partial charge in [-0.15, -0.1) is 0 Å². The molecule has 2 aromatic rings. The number of hydrogen-bond acceptors (Lipinski definition) is 2. The van der Waals surface area contributed by atoms with Gasteiger partial charge in [-0.05, 0) is 30.9 Å². The third-order valence-corrected chi connectivity index (χ3v) is 7.06. The number of carbonyl (C=O) groups excluding carboxylic acids is 1. The highest BCUT2D eigenvalue weighted by Gasteiger charge is 2.38. The van der Waals surface area contributed by atoms with Crippen LogP contribution >= 0.6 is 15.9 Å². The summed E-state index contributed by atoms with van der Waals surface area (Å²) in [4.78, 5) is 13.0. The molecule has 1 saturated carbocycles. The van der Waals surface area contributed by atoms with E-state index in [0.29, 0.717) is 24.4 Å². The molecular weight excluding hydrogens is 435 g/mol. The lowest BCUT2D eigenvalue weighted by Crippen LogP contribution is -2.46. The number of aryl methyl sites for hydroxylation is 1. The highest BCUT2D eigenvalue weighted by Crippen LogP contribution is 2.32. The molecule has 1 aromatic carbocycles. The fourth-order valence-electron chi connectivity index (χ4n) is 4.53. The minimum absolute atomic E-state index is 0.0374. The Hall–Kier alpha value is -1.40. The van der Waals surface area contributed by atoms with Gasteiger partial charge in [-0.1, -0.05) is 54.1 Å². The van der Waals surface area contributed by atoms with Crippen molar-refractivity contribution in [2.24, 2.45) is 5.92 Å². The Kier molecular flexibility index (Phi) is 6.60. The average molecular weight is 465 g/mol. The summed E-state index contributed by atoms with van der Waals surface area (Å²) in [5.41, 5.74) is 0.388. The van der Waals surface area contributed by atoms with E-state index in [1.54, 1.807) is 0 Å².